The van der Waals surface area contributed by atoms with E-state index in [4.69, 9.17) is 16.3 Å². The van der Waals surface area contributed by atoms with Crippen LogP contribution in [0.1, 0.15) is 51.0 Å². The van der Waals surface area contributed by atoms with Gasteiger partial charge in [0.1, 0.15) is 0 Å². The van der Waals surface area contributed by atoms with Gasteiger partial charge in [0.15, 0.2) is 0 Å². The zero-order chi connectivity index (χ0) is 19.8. The molecule has 0 radical (unpaired) electrons. The summed E-state index contributed by atoms with van der Waals surface area (Å²) in [6.45, 7) is 12.5. The number of hydrogen-bond donors (Lipinski definition) is 1. The zero-order valence-corrected chi connectivity index (χ0v) is 18.2. The predicted octanol–water partition coefficient (Wildman–Crippen LogP) is 5.25. The topological polar surface area (TPSA) is 24.5 Å². The normalized spacial score (nSPS) is 27.8. The molecule has 1 saturated heterocycles. The van der Waals surface area contributed by atoms with Gasteiger partial charge in [-0.15, -0.1) is 6.58 Å². The Morgan fingerprint density at radius 3 is 2.43 bits per heavy atom. The third kappa shape index (κ3) is 6.06. The molecule has 3 fully saturated rings. The summed E-state index contributed by atoms with van der Waals surface area (Å²) in [5, 5.41) is 3.99. The first-order valence-corrected chi connectivity index (χ1v) is 11.4. The molecule has 4 rings (SSSR count). The lowest BCUT2D eigenvalue weighted by atomic mass is 9.71. The molecular weight excluding hydrogens is 368 g/mol. The highest BCUT2D eigenvalue weighted by atomic mass is 35.5. The third-order valence-electron chi connectivity index (χ3n) is 6.33. The van der Waals surface area contributed by atoms with Crippen LogP contribution in [-0.2, 0) is 10.3 Å². The van der Waals surface area contributed by atoms with E-state index in [9.17, 15) is 0 Å². The third-order valence-corrected chi connectivity index (χ3v) is 6.58. The van der Waals surface area contributed by atoms with Gasteiger partial charge in [-0.05, 0) is 55.2 Å². The van der Waals surface area contributed by atoms with Crippen LogP contribution in [-0.4, -0.2) is 44.3 Å². The highest BCUT2D eigenvalue weighted by Crippen LogP contribution is 2.46. The van der Waals surface area contributed by atoms with Crippen LogP contribution in [0.15, 0.2) is 36.9 Å². The molecule has 2 atom stereocenters. The molecule has 28 heavy (non-hydrogen) atoms. The van der Waals surface area contributed by atoms with Crippen molar-refractivity contribution in [3.63, 3.8) is 0 Å². The van der Waals surface area contributed by atoms with E-state index in [1.54, 1.807) is 0 Å². The number of benzene rings is 1. The average molecular weight is 405 g/mol. The van der Waals surface area contributed by atoms with Crippen molar-refractivity contribution in [2.75, 3.05) is 39.4 Å². The highest BCUT2D eigenvalue weighted by molar-refractivity contribution is 6.30. The fourth-order valence-electron chi connectivity index (χ4n) is 4.72. The van der Waals surface area contributed by atoms with Crippen molar-refractivity contribution < 1.29 is 4.74 Å². The molecule has 3 nitrogen and oxygen atoms in total. The molecule has 1 aromatic rings. The maximum absolute atomic E-state index is 6.13. The van der Waals surface area contributed by atoms with Crippen molar-refractivity contribution in [2.45, 2.75) is 51.0 Å². The molecule has 4 heteroatoms. The van der Waals surface area contributed by atoms with E-state index >= 15 is 0 Å². The number of nitrogens with one attached hydrogen (secondary N) is 1. The summed E-state index contributed by atoms with van der Waals surface area (Å²) < 4.78 is 5.01. The van der Waals surface area contributed by atoms with Gasteiger partial charge < -0.3 is 10.1 Å². The molecule has 1 aromatic carbocycles. The summed E-state index contributed by atoms with van der Waals surface area (Å²) >= 11 is 6.13. The van der Waals surface area contributed by atoms with Crippen LogP contribution in [0.4, 0.5) is 0 Å². The van der Waals surface area contributed by atoms with Crippen molar-refractivity contribution in [1.29, 1.82) is 0 Å². The number of rotatable bonds is 6. The largest absolute Gasteiger partial charge is 0.379 e. The van der Waals surface area contributed by atoms with E-state index in [0.29, 0.717) is 0 Å². The Labute approximate surface area is 176 Å². The molecule has 0 spiro atoms. The van der Waals surface area contributed by atoms with Gasteiger partial charge in [0.05, 0.1) is 13.2 Å². The quantitative estimate of drug-likeness (QED) is 0.655. The summed E-state index contributed by atoms with van der Waals surface area (Å²) in [4.78, 5) is 2.72. The van der Waals surface area contributed by atoms with E-state index in [2.05, 4.69) is 54.1 Å². The summed E-state index contributed by atoms with van der Waals surface area (Å²) in [6, 6.07) is 8.62. The van der Waals surface area contributed by atoms with Gasteiger partial charge in [-0.2, -0.15) is 0 Å². The first-order chi connectivity index (χ1) is 13.6. The first kappa shape index (κ1) is 21.8. The minimum atomic E-state index is 0.180. The fraction of sp³-hybridized carbons (Fsp3) is 0.667. The van der Waals surface area contributed by atoms with Gasteiger partial charge in [0, 0.05) is 36.7 Å². The van der Waals surface area contributed by atoms with Crippen molar-refractivity contribution in [3.05, 3.63) is 47.5 Å². The van der Waals surface area contributed by atoms with E-state index in [0.717, 1.165) is 49.7 Å². The van der Waals surface area contributed by atoms with Gasteiger partial charge in [0.25, 0.3) is 0 Å². The van der Waals surface area contributed by atoms with Gasteiger partial charge in [0.2, 0.25) is 0 Å². The molecule has 2 saturated carbocycles. The summed E-state index contributed by atoms with van der Waals surface area (Å²) in [7, 11) is 0. The van der Waals surface area contributed by atoms with Crippen LogP contribution in [0.2, 0.25) is 5.02 Å². The Hall–Kier alpha value is -0.870. The van der Waals surface area contributed by atoms with Crippen LogP contribution in [0.5, 0.6) is 0 Å². The lowest BCUT2D eigenvalue weighted by Gasteiger charge is -2.49. The summed E-state index contributed by atoms with van der Waals surface area (Å²) in [5.41, 5.74) is 1.63. The molecule has 0 aromatic heterocycles. The molecule has 2 unspecified atom stereocenters. The second-order valence-electron chi connectivity index (χ2n) is 8.74. The molecule has 1 N–H and O–H groups in total. The molecule has 156 valence electrons. The molecule has 0 amide bonds. The molecule has 3 aliphatic rings. The standard InChI is InChI=1S/C20H28ClN.C4H9NO/c1-3-13-22(15-17-6-7-17)20(12-4-5-16(2)14-20)18-8-10-19(21)11-9-18;1-3-6-4-2-5-1/h3,8-11,16-17H,1,4-7,12-15H2,2H3;5H,1-4H2. The molecule has 0 bridgehead atoms. The van der Waals surface area contributed by atoms with Crippen LogP contribution in [0.25, 0.3) is 0 Å². The number of hydrogen-bond acceptors (Lipinski definition) is 3. The van der Waals surface area contributed by atoms with Crippen LogP contribution < -0.4 is 5.32 Å². The lowest BCUT2D eigenvalue weighted by molar-refractivity contribution is 0.0344. The minimum absolute atomic E-state index is 0.180. The number of nitrogens with zero attached hydrogens (tertiary/aromatic N) is 1. The monoisotopic (exact) mass is 404 g/mol. The van der Waals surface area contributed by atoms with Crippen LogP contribution >= 0.6 is 11.6 Å². The Bertz CT molecular complexity index is 586. The predicted molar refractivity (Wildman–Crippen MR) is 119 cm³/mol. The Morgan fingerprint density at radius 2 is 1.93 bits per heavy atom. The van der Waals surface area contributed by atoms with Gasteiger partial charge in [-0.1, -0.05) is 49.6 Å². The second-order valence-corrected chi connectivity index (χ2v) is 9.18. The molecule has 1 heterocycles. The van der Waals surface area contributed by atoms with E-state index < -0.39 is 0 Å². The second kappa shape index (κ2) is 10.8. The van der Waals surface area contributed by atoms with E-state index in [1.807, 2.05) is 0 Å². The Kier molecular flexibility index (Phi) is 8.40. The Balaban J connectivity index is 0.000000320. The van der Waals surface area contributed by atoms with E-state index in [-0.39, 0.29) is 5.54 Å². The van der Waals surface area contributed by atoms with Crippen molar-refractivity contribution in [3.8, 4) is 0 Å². The summed E-state index contributed by atoms with van der Waals surface area (Å²) in [5.74, 6) is 1.69. The average Bonchev–Trinajstić information content (AvgIpc) is 3.54. The van der Waals surface area contributed by atoms with Crippen LogP contribution in [0, 0.1) is 11.8 Å². The van der Waals surface area contributed by atoms with Crippen molar-refractivity contribution in [2.24, 2.45) is 11.8 Å². The Morgan fingerprint density at radius 1 is 1.21 bits per heavy atom. The van der Waals surface area contributed by atoms with Crippen LogP contribution in [0.3, 0.4) is 0 Å². The van der Waals surface area contributed by atoms with Gasteiger partial charge >= 0.3 is 0 Å². The van der Waals surface area contributed by atoms with Gasteiger partial charge in [-0.3, -0.25) is 4.90 Å². The zero-order valence-electron chi connectivity index (χ0n) is 17.5. The van der Waals surface area contributed by atoms with Crippen molar-refractivity contribution in [1.82, 2.24) is 10.2 Å². The first-order valence-electron chi connectivity index (χ1n) is 11.0. The maximum atomic E-state index is 6.13. The summed E-state index contributed by atoms with van der Waals surface area (Å²) in [6.07, 6.45) is 10.1. The van der Waals surface area contributed by atoms with Crippen molar-refractivity contribution >= 4 is 11.6 Å². The molecule has 2 aliphatic carbocycles. The maximum Gasteiger partial charge on any atom is 0.0591 e. The molecule has 1 aliphatic heterocycles. The van der Waals surface area contributed by atoms with E-state index in [1.165, 1.54) is 50.6 Å². The fourth-order valence-corrected chi connectivity index (χ4v) is 4.85. The number of morpholine rings is 1. The SMILES string of the molecule is C1COCCN1.C=CCN(CC1CC1)C1(c2ccc(Cl)cc2)CCCC(C)C1. The number of ether oxygens (including phenoxy) is 1. The molecular formula is C24H37ClN2O. The minimum Gasteiger partial charge on any atom is -0.379 e. The smallest absolute Gasteiger partial charge is 0.0591 e. The lowest BCUT2D eigenvalue weighted by Crippen LogP contribution is -2.50. The van der Waals surface area contributed by atoms with Gasteiger partial charge in [-0.25, -0.2) is 0 Å². The number of halogens is 1. The highest BCUT2D eigenvalue weighted by Gasteiger charge is 2.42.